The molecule has 1 aromatic rings. The van der Waals surface area contributed by atoms with E-state index in [2.05, 4.69) is 44.0 Å². The van der Waals surface area contributed by atoms with Crippen molar-refractivity contribution in [2.75, 3.05) is 13.1 Å². The van der Waals surface area contributed by atoms with E-state index in [0.717, 1.165) is 0 Å². The van der Waals surface area contributed by atoms with Gasteiger partial charge >= 0.3 is 0 Å². The first-order valence-corrected chi connectivity index (χ1v) is 9.90. The zero-order valence-electron chi connectivity index (χ0n) is 12.4. The second-order valence-electron chi connectivity index (χ2n) is 5.32. The third-order valence-electron chi connectivity index (χ3n) is 3.82. The maximum absolute atomic E-state index is 13.1. The molecule has 1 saturated heterocycles. The molecule has 0 radical (unpaired) electrons. The number of benzene rings is 1. The summed E-state index contributed by atoms with van der Waals surface area (Å²) >= 11 is 6.59. The fourth-order valence-corrected chi connectivity index (χ4v) is 5.66. The van der Waals surface area contributed by atoms with Gasteiger partial charge in [0.15, 0.2) is 6.19 Å². The summed E-state index contributed by atoms with van der Waals surface area (Å²) in [6, 6.07) is 4.64. The van der Waals surface area contributed by atoms with E-state index in [4.69, 9.17) is 11.7 Å². The number of halogens is 2. The van der Waals surface area contributed by atoms with Crippen molar-refractivity contribution in [2.45, 2.75) is 30.3 Å². The summed E-state index contributed by atoms with van der Waals surface area (Å²) in [5.74, 6) is 2.42. The zero-order valence-corrected chi connectivity index (χ0v) is 16.4. The molecule has 0 amide bonds. The lowest BCUT2D eigenvalue weighted by atomic mass is 10.2. The van der Waals surface area contributed by atoms with Gasteiger partial charge in [0.05, 0.1) is 11.4 Å². The third-order valence-corrected chi connectivity index (χ3v) is 7.20. The molecule has 0 spiro atoms. The Morgan fingerprint density at radius 3 is 2.74 bits per heavy atom. The first kappa shape index (κ1) is 18.3. The SMILES string of the molecule is C#CCN(C1C[C@H](C)N(C#N)C1)S(=O)(=O)c1cc(Br)ccc1Br. The summed E-state index contributed by atoms with van der Waals surface area (Å²) in [5, 5.41) is 9.12. The normalized spacial score (nSPS) is 21.2. The molecular formula is C15H15Br2N3O2S. The van der Waals surface area contributed by atoms with E-state index < -0.39 is 10.0 Å². The molecule has 0 N–H and O–H groups in total. The lowest BCUT2D eigenvalue weighted by Crippen LogP contribution is -2.42. The monoisotopic (exact) mass is 459 g/mol. The predicted molar refractivity (Wildman–Crippen MR) is 94.8 cm³/mol. The average molecular weight is 461 g/mol. The number of nitriles is 1. The summed E-state index contributed by atoms with van der Waals surface area (Å²) in [6.07, 6.45) is 8.05. The number of likely N-dealkylation sites (tertiary alicyclic amines) is 1. The molecule has 2 rings (SSSR count). The van der Waals surface area contributed by atoms with E-state index in [1.807, 2.05) is 6.92 Å². The van der Waals surface area contributed by atoms with Gasteiger partial charge in [-0.05, 0) is 47.5 Å². The van der Waals surface area contributed by atoms with Crippen molar-refractivity contribution in [2.24, 2.45) is 0 Å². The Kier molecular flexibility index (Phi) is 5.74. The number of hydrogen-bond donors (Lipinski definition) is 0. The largest absolute Gasteiger partial charge is 0.306 e. The van der Waals surface area contributed by atoms with Gasteiger partial charge in [0.25, 0.3) is 0 Å². The van der Waals surface area contributed by atoms with E-state index in [9.17, 15) is 8.42 Å². The average Bonchev–Trinajstić information content (AvgIpc) is 2.87. The first-order valence-electron chi connectivity index (χ1n) is 6.88. The quantitative estimate of drug-likeness (QED) is 0.511. The van der Waals surface area contributed by atoms with E-state index in [0.29, 0.717) is 21.9 Å². The van der Waals surface area contributed by atoms with E-state index >= 15 is 0 Å². The minimum Gasteiger partial charge on any atom is -0.306 e. The van der Waals surface area contributed by atoms with E-state index in [-0.39, 0.29) is 23.5 Å². The fraction of sp³-hybridized carbons (Fsp3) is 0.400. The van der Waals surface area contributed by atoms with Crippen LogP contribution in [0.2, 0.25) is 0 Å². The van der Waals surface area contributed by atoms with Gasteiger partial charge < -0.3 is 4.90 Å². The smallest absolute Gasteiger partial charge is 0.245 e. The Morgan fingerprint density at radius 1 is 1.48 bits per heavy atom. The molecule has 1 aliphatic heterocycles. The van der Waals surface area contributed by atoms with Crippen LogP contribution in [-0.2, 0) is 10.0 Å². The molecule has 1 heterocycles. The Balaban J connectivity index is 2.43. The summed E-state index contributed by atoms with van der Waals surface area (Å²) in [5.41, 5.74) is 0. The molecule has 1 aromatic carbocycles. The molecule has 0 aliphatic carbocycles. The van der Waals surface area contributed by atoms with Crippen molar-refractivity contribution >= 4 is 41.9 Å². The lowest BCUT2D eigenvalue weighted by Gasteiger charge is -2.26. The first-order chi connectivity index (χ1) is 10.8. The standard InChI is InChI=1S/C15H15Br2N3O2S/c1-3-6-20(13-7-11(2)19(9-13)10-18)23(21,22)15-8-12(16)4-5-14(15)17/h1,4-5,8,11,13H,6-7,9H2,2H3/t11-,13?/m0/s1. The van der Waals surface area contributed by atoms with Crippen LogP contribution in [-0.4, -0.2) is 42.8 Å². The third kappa shape index (κ3) is 3.72. The zero-order chi connectivity index (χ0) is 17.2. The van der Waals surface area contributed by atoms with Gasteiger partial charge in [0, 0.05) is 27.6 Å². The van der Waals surface area contributed by atoms with Gasteiger partial charge in [-0.25, -0.2) is 8.42 Å². The molecule has 5 nitrogen and oxygen atoms in total. The van der Waals surface area contributed by atoms with Crippen LogP contribution >= 0.6 is 31.9 Å². The molecule has 0 bridgehead atoms. The molecule has 23 heavy (non-hydrogen) atoms. The Bertz CT molecular complexity index is 783. The topological polar surface area (TPSA) is 64.4 Å². The maximum atomic E-state index is 13.1. The molecule has 1 aliphatic rings. The maximum Gasteiger partial charge on any atom is 0.245 e. The molecule has 2 atom stereocenters. The highest BCUT2D eigenvalue weighted by atomic mass is 79.9. The van der Waals surface area contributed by atoms with E-state index in [1.54, 1.807) is 23.1 Å². The van der Waals surface area contributed by atoms with Crippen LogP contribution in [0.3, 0.4) is 0 Å². The Morgan fingerprint density at radius 2 is 2.17 bits per heavy atom. The van der Waals surface area contributed by atoms with Crippen LogP contribution in [0.4, 0.5) is 0 Å². The minimum atomic E-state index is -3.78. The predicted octanol–water partition coefficient (Wildman–Crippen LogP) is 2.78. The summed E-state index contributed by atoms with van der Waals surface area (Å²) in [7, 11) is -3.78. The number of sulfonamides is 1. The van der Waals surface area contributed by atoms with Crippen molar-refractivity contribution in [3.05, 3.63) is 27.1 Å². The summed E-state index contributed by atoms with van der Waals surface area (Å²) in [4.78, 5) is 1.74. The molecule has 0 aromatic heterocycles. The highest BCUT2D eigenvalue weighted by Crippen LogP contribution is 2.31. The van der Waals surface area contributed by atoms with Crippen molar-refractivity contribution in [1.29, 1.82) is 5.26 Å². The molecule has 1 unspecified atom stereocenters. The molecule has 8 heteroatoms. The van der Waals surface area contributed by atoms with Crippen LogP contribution in [0, 0.1) is 23.8 Å². The van der Waals surface area contributed by atoms with Gasteiger partial charge in [0.1, 0.15) is 0 Å². The Labute approximate surface area is 153 Å². The number of rotatable bonds is 4. The van der Waals surface area contributed by atoms with Crippen molar-refractivity contribution in [1.82, 2.24) is 9.21 Å². The molecule has 122 valence electrons. The fourth-order valence-electron chi connectivity index (χ4n) is 2.65. The summed E-state index contributed by atoms with van der Waals surface area (Å²) in [6.45, 7) is 2.22. The Hall–Kier alpha value is -1.06. The second kappa shape index (κ2) is 7.23. The van der Waals surface area contributed by atoms with Crippen LogP contribution in [0.1, 0.15) is 13.3 Å². The number of hydrogen-bond acceptors (Lipinski definition) is 4. The van der Waals surface area contributed by atoms with Gasteiger partial charge in [-0.2, -0.15) is 9.57 Å². The summed E-state index contributed by atoms with van der Waals surface area (Å²) < 4.78 is 28.6. The van der Waals surface area contributed by atoms with Crippen LogP contribution in [0.25, 0.3) is 0 Å². The van der Waals surface area contributed by atoms with Crippen LogP contribution in [0.5, 0.6) is 0 Å². The lowest BCUT2D eigenvalue weighted by molar-refractivity contribution is 0.342. The van der Waals surface area contributed by atoms with Gasteiger partial charge in [-0.1, -0.05) is 21.9 Å². The van der Waals surface area contributed by atoms with Crippen molar-refractivity contribution in [3.63, 3.8) is 0 Å². The van der Waals surface area contributed by atoms with Crippen LogP contribution in [0.15, 0.2) is 32.0 Å². The van der Waals surface area contributed by atoms with Crippen LogP contribution < -0.4 is 0 Å². The highest BCUT2D eigenvalue weighted by Gasteiger charge is 2.39. The molecular weight excluding hydrogens is 446 g/mol. The van der Waals surface area contributed by atoms with E-state index in [1.165, 1.54) is 4.31 Å². The minimum absolute atomic E-state index is 0.00794. The molecule has 0 saturated carbocycles. The number of nitrogens with zero attached hydrogens (tertiary/aromatic N) is 3. The number of terminal acetylenes is 1. The van der Waals surface area contributed by atoms with Gasteiger partial charge in [-0.3, -0.25) is 0 Å². The van der Waals surface area contributed by atoms with Gasteiger partial charge in [-0.15, -0.1) is 6.42 Å². The van der Waals surface area contributed by atoms with Crippen molar-refractivity contribution < 1.29 is 8.42 Å². The highest BCUT2D eigenvalue weighted by molar-refractivity contribution is 9.11. The molecule has 1 fully saturated rings. The van der Waals surface area contributed by atoms with Crippen molar-refractivity contribution in [3.8, 4) is 18.5 Å². The van der Waals surface area contributed by atoms with Gasteiger partial charge in [0.2, 0.25) is 10.0 Å². The second-order valence-corrected chi connectivity index (χ2v) is 8.95.